The van der Waals surface area contributed by atoms with Crippen molar-refractivity contribution in [1.29, 1.82) is 0 Å². The Morgan fingerprint density at radius 2 is 2.30 bits per heavy atom. The van der Waals surface area contributed by atoms with Crippen LogP contribution in [0.15, 0.2) is 24.3 Å². The van der Waals surface area contributed by atoms with Crippen LogP contribution in [0.3, 0.4) is 0 Å². The van der Waals surface area contributed by atoms with Gasteiger partial charge in [0.2, 0.25) is 5.91 Å². The molecule has 20 heavy (non-hydrogen) atoms. The second-order valence-corrected chi connectivity index (χ2v) is 6.08. The van der Waals surface area contributed by atoms with Gasteiger partial charge < -0.3 is 10.1 Å². The van der Waals surface area contributed by atoms with E-state index in [0.717, 1.165) is 30.7 Å². The lowest BCUT2D eigenvalue weighted by Gasteiger charge is -2.25. The Hall–Kier alpha value is -1.22. The first kappa shape index (κ1) is 15.2. The minimum Gasteiger partial charge on any atom is -0.497 e. The Morgan fingerprint density at radius 1 is 1.45 bits per heavy atom. The van der Waals surface area contributed by atoms with Gasteiger partial charge in [0.1, 0.15) is 5.75 Å². The molecule has 0 aromatic heterocycles. The molecular weight excluding hydrogens is 274 g/mol. The summed E-state index contributed by atoms with van der Waals surface area (Å²) in [5.41, 5.74) is 0.973. The second-order valence-electron chi connectivity index (χ2n) is 5.46. The van der Waals surface area contributed by atoms with Crippen molar-refractivity contribution in [2.24, 2.45) is 5.92 Å². The van der Waals surface area contributed by atoms with E-state index in [-0.39, 0.29) is 11.3 Å². The van der Waals surface area contributed by atoms with Crippen LogP contribution in [0.4, 0.5) is 0 Å². The summed E-state index contributed by atoms with van der Waals surface area (Å²) in [7, 11) is 1.63. The van der Waals surface area contributed by atoms with Crippen LogP contribution in [-0.4, -0.2) is 24.9 Å². The van der Waals surface area contributed by atoms with Crippen LogP contribution in [0, 0.1) is 5.92 Å². The third-order valence-corrected chi connectivity index (χ3v) is 4.20. The minimum atomic E-state index is 0.0648. The fourth-order valence-corrected chi connectivity index (χ4v) is 3.11. The maximum atomic E-state index is 12.0. The van der Waals surface area contributed by atoms with E-state index < -0.39 is 0 Å². The van der Waals surface area contributed by atoms with Crippen LogP contribution >= 0.6 is 11.6 Å². The molecule has 0 heterocycles. The Kier molecular flexibility index (Phi) is 5.72. The number of carbonyl (C=O) groups is 1. The molecular formula is C16H22ClNO2. The van der Waals surface area contributed by atoms with Crippen LogP contribution in [0.2, 0.25) is 0 Å². The average molecular weight is 296 g/mol. The van der Waals surface area contributed by atoms with Gasteiger partial charge in [0, 0.05) is 11.9 Å². The van der Waals surface area contributed by atoms with Crippen LogP contribution < -0.4 is 10.1 Å². The number of rotatable bonds is 5. The smallest absolute Gasteiger partial charge is 0.224 e. The van der Waals surface area contributed by atoms with Crippen molar-refractivity contribution >= 4 is 17.5 Å². The summed E-state index contributed by atoms with van der Waals surface area (Å²) in [6.07, 6.45) is 4.86. The Labute approximate surface area is 125 Å². The number of benzene rings is 1. The van der Waals surface area contributed by atoms with Crippen molar-refractivity contribution in [2.45, 2.75) is 37.5 Å². The third kappa shape index (κ3) is 4.71. The fourth-order valence-electron chi connectivity index (χ4n) is 2.70. The predicted molar refractivity (Wildman–Crippen MR) is 81.3 cm³/mol. The van der Waals surface area contributed by atoms with Crippen LogP contribution in [0.5, 0.6) is 5.75 Å². The zero-order valence-corrected chi connectivity index (χ0v) is 12.7. The number of ether oxygens (including phenoxy) is 1. The summed E-state index contributed by atoms with van der Waals surface area (Å²) >= 11 is 6.16. The van der Waals surface area contributed by atoms with Crippen LogP contribution in [-0.2, 0) is 11.2 Å². The number of methoxy groups -OCH3 is 1. The van der Waals surface area contributed by atoms with Gasteiger partial charge in [-0.15, -0.1) is 11.6 Å². The van der Waals surface area contributed by atoms with E-state index in [0.29, 0.717) is 12.3 Å². The number of hydrogen-bond donors (Lipinski definition) is 1. The molecule has 0 bridgehead atoms. The molecule has 0 saturated heterocycles. The van der Waals surface area contributed by atoms with Gasteiger partial charge in [-0.1, -0.05) is 18.6 Å². The Bertz CT molecular complexity index is 450. The molecule has 1 N–H and O–H groups in total. The maximum absolute atomic E-state index is 12.0. The normalized spacial score (nSPS) is 22.3. The summed E-state index contributed by atoms with van der Waals surface area (Å²) in [5.74, 6) is 1.38. The highest BCUT2D eigenvalue weighted by Gasteiger charge is 2.20. The van der Waals surface area contributed by atoms with E-state index in [1.165, 1.54) is 12.8 Å². The lowest BCUT2D eigenvalue weighted by Crippen LogP contribution is -2.32. The van der Waals surface area contributed by atoms with Gasteiger partial charge in [-0.2, -0.15) is 0 Å². The monoisotopic (exact) mass is 295 g/mol. The molecule has 0 radical (unpaired) electrons. The highest BCUT2D eigenvalue weighted by molar-refractivity contribution is 6.20. The van der Waals surface area contributed by atoms with Crippen LogP contribution in [0.25, 0.3) is 0 Å². The van der Waals surface area contributed by atoms with E-state index >= 15 is 0 Å². The summed E-state index contributed by atoms with van der Waals surface area (Å²) in [4.78, 5) is 12.0. The predicted octanol–water partition coefficient (Wildman–Crippen LogP) is 3.15. The Morgan fingerprint density at radius 3 is 3.05 bits per heavy atom. The van der Waals surface area contributed by atoms with Gasteiger partial charge in [0.15, 0.2) is 0 Å². The number of alkyl halides is 1. The van der Waals surface area contributed by atoms with Crippen molar-refractivity contribution in [1.82, 2.24) is 5.32 Å². The molecule has 2 rings (SSSR count). The molecule has 1 fully saturated rings. The highest BCUT2D eigenvalue weighted by atomic mass is 35.5. The van der Waals surface area contributed by atoms with E-state index in [9.17, 15) is 4.79 Å². The van der Waals surface area contributed by atoms with Crippen molar-refractivity contribution in [3.63, 3.8) is 0 Å². The molecule has 0 spiro atoms. The van der Waals surface area contributed by atoms with Crippen molar-refractivity contribution in [3.05, 3.63) is 29.8 Å². The Balaban J connectivity index is 1.77. The van der Waals surface area contributed by atoms with Gasteiger partial charge in [-0.25, -0.2) is 0 Å². The first-order valence-electron chi connectivity index (χ1n) is 7.21. The van der Waals surface area contributed by atoms with Gasteiger partial charge in [0.25, 0.3) is 0 Å². The lowest BCUT2D eigenvalue weighted by molar-refractivity contribution is -0.120. The van der Waals surface area contributed by atoms with Gasteiger partial charge in [0.05, 0.1) is 13.5 Å². The number of nitrogens with one attached hydrogen (secondary N) is 1. The highest BCUT2D eigenvalue weighted by Crippen LogP contribution is 2.27. The lowest BCUT2D eigenvalue weighted by atomic mass is 9.89. The summed E-state index contributed by atoms with van der Waals surface area (Å²) in [6, 6.07) is 7.62. The molecule has 1 aromatic carbocycles. The van der Waals surface area contributed by atoms with Crippen LogP contribution in [0.1, 0.15) is 31.2 Å². The fraction of sp³-hybridized carbons (Fsp3) is 0.562. The zero-order valence-electron chi connectivity index (χ0n) is 11.9. The maximum Gasteiger partial charge on any atom is 0.224 e. The SMILES string of the molecule is COc1cccc(CC(=O)NCC2CCCC(Cl)C2)c1. The van der Waals surface area contributed by atoms with Gasteiger partial charge >= 0.3 is 0 Å². The summed E-state index contributed by atoms with van der Waals surface area (Å²) < 4.78 is 5.16. The standard InChI is InChI=1S/C16H22ClNO2/c1-20-15-7-3-4-12(9-15)10-16(19)18-11-13-5-2-6-14(17)8-13/h3-4,7,9,13-14H,2,5-6,8,10-11H2,1H3,(H,18,19). The molecule has 0 aliphatic heterocycles. The van der Waals surface area contributed by atoms with Gasteiger partial charge in [-0.3, -0.25) is 4.79 Å². The molecule has 4 heteroatoms. The van der Waals surface area contributed by atoms with Crippen molar-refractivity contribution in [2.75, 3.05) is 13.7 Å². The minimum absolute atomic E-state index is 0.0648. The third-order valence-electron chi connectivity index (χ3n) is 3.81. The molecule has 1 saturated carbocycles. The molecule has 2 atom stereocenters. The van der Waals surface area contributed by atoms with Crippen molar-refractivity contribution < 1.29 is 9.53 Å². The molecule has 110 valence electrons. The van der Waals surface area contributed by atoms with Gasteiger partial charge in [-0.05, 0) is 42.9 Å². The summed E-state index contributed by atoms with van der Waals surface area (Å²) in [6.45, 7) is 0.742. The largest absolute Gasteiger partial charge is 0.497 e. The average Bonchev–Trinajstić information content (AvgIpc) is 2.45. The quantitative estimate of drug-likeness (QED) is 0.848. The molecule has 1 amide bonds. The van der Waals surface area contributed by atoms with E-state index in [1.54, 1.807) is 7.11 Å². The molecule has 1 aliphatic rings. The first-order chi connectivity index (χ1) is 9.67. The topological polar surface area (TPSA) is 38.3 Å². The first-order valence-corrected chi connectivity index (χ1v) is 7.64. The number of amides is 1. The summed E-state index contributed by atoms with van der Waals surface area (Å²) in [5, 5.41) is 3.30. The number of carbonyl (C=O) groups excluding carboxylic acids is 1. The molecule has 1 aromatic rings. The zero-order chi connectivity index (χ0) is 14.4. The molecule has 2 unspecified atom stereocenters. The van der Waals surface area contributed by atoms with E-state index in [4.69, 9.17) is 16.3 Å². The number of halogens is 1. The number of hydrogen-bond acceptors (Lipinski definition) is 2. The molecule has 1 aliphatic carbocycles. The second kappa shape index (κ2) is 7.53. The van der Waals surface area contributed by atoms with Crippen molar-refractivity contribution in [3.8, 4) is 5.75 Å². The van der Waals surface area contributed by atoms with E-state index in [2.05, 4.69) is 5.32 Å². The molecule has 3 nitrogen and oxygen atoms in total. The van der Waals surface area contributed by atoms with E-state index in [1.807, 2.05) is 24.3 Å².